The fourth-order valence-corrected chi connectivity index (χ4v) is 3.26. The van der Waals surface area contributed by atoms with Gasteiger partial charge in [0, 0.05) is 10.6 Å². The van der Waals surface area contributed by atoms with Crippen LogP contribution >= 0.6 is 23.8 Å². The fourth-order valence-electron chi connectivity index (χ4n) is 2.74. The van der Waals surface area contributed by atoms with E-state index in [2.05, 4.69) is 5.32 Å². The second-order valence-electron chi connectivity index (χ2n) is 6.26. The van der Waals surface area contributed by atoms with Gasteiger partial charge in [-0.25, -0.2) is 0 Å². The number of halogens is 1. The summed E-state index contributed by atoms with van der Waals surface area (Å²) in [4.78, 5) is 14.4. The van der Waals surface area contributed by atoms with E-state index in [9.17, 15) is 4.79 Å². The van der Waals surface area contributed by atoms with Gasteiger partial charge in [-0.3, -0.25) is 9.69 Å². The number of aryl methyl sites for hydroxylation is 1. The Morgan fingerprint density at radius 2 is 1.96 bits per heavy atom. The SMILES string of the molecule is Cc1cc(Cl)ccc1N1C(=O)/C(=C/c2ccccc2OC(C)C)NC1=S. The van der Waals surface area contributed by atoms with Crippen LogP contribution in [0.2, 0.25) is 5.02 Å². The van der Waals surface area contributed by atoms with Crippen LogP contribution in [-0.4, -0.2) is 17.1 Å². The lowest BCUT2D eigenvalue weighted by atomic mass is 10.1. The molecule has 4 nitrogen and oxygen atoms in total. The highest BCUT2D eigenvalue weighted by Crippen LogP contribution is 2.29. The van der Waals surface area contributed by atoms with Gasteiger partial charge in [0.2, 0.25) is 0 Å². The van der Waals surface area contributed by atoms with Crippen molar-refractivity contribution in [2.45, 2.75) is 26.9 Å². The Labute approximate surface area is 163 Å². The van der Waals surface area contributed by atoms with Crippen LogP contribution < -0.4 is 15.0 Å². The number of ether oxygens (including phenoxy) is 1. The van der Waals surface area contributed by atoms with E-state index in [-0.39, 0.29) is 12.0 Å². The second kappa shape index (κ2) is 7.48. The van der Waals surface area contributed by atoms with Crippen LogP contribution in [0, 0.1) is 6.92 Å². The number of carbonyl (C=O) groups is 1. The van der Waals surface area contributed by atoms with Crippen LogP contribution in [-0.2, 0) is 4.79 Å². The Balaban J connectivity index is 1.96. The van der Waals surface area contributed by atoms with Gasteiger partial charge in [0.05, 0.1) is 11.8 Å². The number of carbonyl (C=O) groups excluding carboxylic acids is 1. The number of rotatable bonds is 4. The molecule has 0 bridgehead atoms. The van der Waals surface area contributed by atoms with Crippen molar-refractivity contribution >= 4 is 46.6 Å². The topological polar surface area (TPSA) is 41.6 Å². The lowest BCUT2D eigenvalue weighted by Gasteiger charge is -2.16. The lowest BCUT2D eigenvalue weighted by Crippen LogP contribution is -2.30. The van der Waals surface area contributed by atoms with Crippen molar-refractivity contribution in [1.29, 1.82) is 0 Å². The number of anilines is 1. The highest BCUT2D eigenvalue weighted by molar-refractivity contribution is 7.80. The van der Waals surface area contributed by atoms with Crippen molar-refractivity contribution in [1.82, 2.24) is 5.32 Å². The molecule has 0 atom stereocenters. The predicted octanol–water partition coefficient (Wildman–Crippen LogP) is 4.70. The number of hydrogen-bond donors (Lipinski definition) is 1. The molecule has 0 aromatic heterocycles. The summed E-state index contributed by atoms with van der Waals surface area (Å²) in [7, 11) is 0. The Morgan fingerprint density at radius 1 is 1.23 bits per heavy atom. The van der Waals surface area contributed by atoms with Crippen LogP contribution in [0.4, 0.5) is 5.69 Å². The molecule has 1 aliphatic heterocycles. The van der Waals surface area contributed by atoms with Gasteiger partial charge in [-0.05, 0) is 68.9 Å². The van der Waals surface area contributed by atoms with Crippen LogP contribution in [0.1, 0.15) is 25.0 Å². The molecule has 0 radical (unpaired) electrons. The molecule has 3 rings (SSSR count). The maximum Gasteiger partial charge on any atom is 0.281 e. The number of para-hydroxylation sites is 1. The number of hydrogen-bond acceptors (Lipinski definition) is 3. The summed E-state index contributed by atoms with van der Waals surface area (Å²) in [5.41, 5.74) is 2.81. The molecule has 1 N–H and O–H groups in total. The molecule has 2 aromatic rings. The summed E-state index contributed by atoms with van der Waals surface area (Å²) in [6.45, 7) is 5.82. The van der Waals surface area contributed by atoms with Crippen LogP contribution in [0.15, 0.2) is 48.2 Å². The Morgan fingerprint density at radius 3 is 2.65 bits per heavy atom. The summed E-state index contributed by atoms with van der Waals surface area (Å²) in [6.07, 6.45) is 1.80. The highest BCUT2D eigenvalue weighted by atomic mass is 35.5. The van der Waals surface area contributed by atoms with E-state index in [4.69, 9.17) is 28.6 Å². The van der Waals surface area contributed by atoms with E-state index >= 15 is 0 Å². The molecule has 1 heterocycles. The minimum atomic E-state index is -0.209. The van der Waals surface area contributed by atoms with Crippen LogP contribution in [0.5, 0.6) is 5.75 Å². The number of benzene rings is 2. The molecule has 0 saturated carbocycles. The molecule has 26 heavy (non-hydrogen) atoms. The molecule has 2 aromatic carbocycles. The molecule has 0 spiro atoms. The predicted molar refractivity (Wildman–Crippen MR) is 110 cm³/mol. The Bertz CT molecular complexity index is 908. The van der Waals surface area contributed by atoms with Crippen molar-refractivity contribution in [2.24, 2.45) is 0 Å². The number of nitrogens with one attached hydrogen (secondary N) is 1. The summed E-state index contributed by atoms with van der Waals surface area (Å²) in [6, 6.07) is 12.9. The summed E-state index contributed by atoms with van der Waals surface area (Å²) < 4.78 is 5.82. The minimum absolute atomic E-state index is 0.0380. The third-order valence-electron chi connectivity index (χ3n) is 3.86. The van der Waals surface area contributed by atoms with Crippen LogP contribution in [0.25, 0.3) is 6.08 Å². The largest absolute Gasteiger partial charge is 0.490 e. The molecule has 0 unspecified atom stereocenters. The molecular weight excluding hydrogens is 368 g/mol. The Hall–Kier alpha value is -2.37. The maximum atomic E-state index is 12.9. The molecule has 6 heteroatoms. The van der Waals surface area contributed by atoms with Gasteiger partial charge in [0.1, 0.15) is 11.4 Å². The number of amides is 1. The summed E-state index contributed by atoms with van der Waals surface area (Å²) in [5, 5.41) is 3.96. The molecule has 134 valence electrons. The van der Waals surface area contributed by atoms with Gasteiger partial charge in [-0.1, -0.05) is 29.8 Å². The smallest absolute Gasteiger partial charge is 0.281 e. The fraction of sp³-hybridized carbons (Fsp3) is 0.200. The van der Waals surface area contributed by atoms with E-state index in [1.54, 1.807) is 24.3 Å². The van der Waals surface area contributed by atoms with Crippen molar-refractivity contribution in [3.63, 3.8) is 0 Å². The standard InChI is InChI=1S/C20H19ClN2O2S/c1-12(2)25-18-7-5-4-6-14(18)11-16-19(24)23(20(26)22-16)17-9-8-15(21)10-13(17)3/h4-12H,1-3H3,(H,22,26)/b16-11-. The molecular formula is C20H19ClN2O2S. The van der Waals surface area contributed by atoms with Crippen LogP contribution in [0.3, 0.4) is 0 Å². The maximum absolute atomic E-state index is 12.9. The van der Waals surface area contributed by atoms with Crippen molar-refractivity contribution < 1.29 is 9.53 Å². The van der Waals surface area contributed by atoms with Gasteiger partial charge in [-0.15, -0.1) is 0 Å². The molecule has 0 aliphatic carbocycles. The third kappa shape index (κ3) is 3.74. The van der Waals surface area contributed by atoms with E-state index < -0.39 is 0 Å². The van der Waals surface area contributed by atoms with Gasteiger partial charge in [0.25, 0.3) is 5.91 Å². The van der Waals surface area contributed by atoms with Crippen molar-refractivity contribution in [3.05, 3.63) is 64.3 Å². The van der Waals surface area contributed by atoms with Crippen molar-refractivity contribution in [2.75, 3.05) is 4.90 Å². The van der Waals surface area contributed by atoms with Crippen molar-refractivity contribution in [3.8, 4) is 5.75 Å². The zero-order valence-electron chi connectivity index (χ0n) is 14.7. The number of thiocarbonyl (C=S) groups is 1. The monoisotopic (exact) mass is 386 g/mol. The quantitative estimate of drug-likeness (QED) is 0.611. The average molecular weight is 387 g/mol. The normalized spacial score (nSPS) is 15.7. The molecule has 1 aliphatic rings. The highest BCUT2D eigenvalue weighted by Gasteiger charge is 2.33. The molecule has 1 fully saturated rings. The minimum Gasteiger partial charge on any atom is -0.490 e. The number of nitrogens with zero attached hydrogens (tertiary/aromatic N) is 1. The zero-order valence-corrected chi connectivity index (χ0v) is 16.3. The van der Waals surface area contributed by atoms with Gasteiger partial charge in [0.15, 0.2) is 5.11 Å². The van der Waals surface area contributed by atoms with E-state index in [1.807, 2.05) is 45.0 Å². The van der Waals surface area contributed by atoms with E-state index in [1.165, 1.54) is 4.90 Å². The van der Waals surface area contributed by atoms with E-state index in [0.717, 1.165) is 16.9 Å². The molecule has 1 saturated heterocycles. The van der Waals surface area contributed by atoms with E-state index in [0.29, 0.717) is 21.5 Å². The summed E-state index contributed by atoms with van der Waals surface area (Å²) >= 11 is 11.4. The van der Waals surface area contributed by atoms with Gasteiger partial charge >= 0.3 is 0 Å². The first kappa shape index (κ1) is 18.4. The Kier molecular flexibility index (Phi) is 5.30. The average Bonchev–Trinajstić information content (AvgIpc) is 2.83. The first-order chi connectivity index (χ1) is 12.4. The second-order valence-corrected chi connectivity index (χ2v) is 7.09. The lowest BCUT2D eigenvalue weighted by molar-refractivity contribution is -0.113. The summed E-state index contributed by atoms with van der Waals surface area (Å²) in [5.74, 6) is 0.511. The van der Waals surface area contributed by atoms with Gasteiger partial charge in [-0.2, -0.15) is 0 Å². The zero-order chi connectivity index (χ0) is 18.8. The van der Waals surface area contributed by atoms with Gasteiger partial charge < -0.3 is 10.1 Å². The first-order valence-corrected chi connectivity index (χ1v) is 9.04. The first-order valence-electron chi connectivity index (χ1n) is 8.26. The third-order valence-corrected chi connectivity index (χ3v) is 4.38. The molecule has 1 amide bonds.